The molecule has 1 amide bonds. The van der Waals surface area contributed by atoms with Crippen LogP contribution >= 0.6 is 23.2 Å². The van der Waals surface area contributed by atoms with E-state index in [1.54, 1.807) is 23.1 Å². The van der Waals surface area contributed by atoms with Crippen LogP contribution in [-0.4, -0.2) is 29.7 Å². The predicted molar refractivity (Wildman–Crippen MR) is 127 cm³/mol. The fourth-order valence-electron chi connectivity index (χ4n) is 4.12. The van der Waals surface area contributed by atoms with Crippen LogP contribution in [0.15, 0.2) is 34.7 Å². The molecule has 0 saturated carbocycles. The van der Waals surface area contributed by atoms with Gasteiger partial charge in [0.05, 0.1) is 5.02 Å². The third kappa shape index (κ3) is 5.41. The van der Waals surface area contributed by atoms with Crippen LogP contribution in [0.4, 0.5) is 13.6 Å². The maximum Gasteiger partial charge on any atom is 0.410 e. The summed E-state index contributed by atoms with van der Waals surface area (Å²) in [5.41, 5.74) is 0.842. The molecule has 1 aromatic heterocycles. The van der Waals surface area contributed by atoms with E-state index in [9.17, 15) is 13.6 Å². The van der Waals surface area contributed by atoms with Gasteiger partial charge in [-0.05, 0) is 57.7 Å². The van der Waals surface area contributed by atoms with Gasteiger partial charge in [-0.25, -0.2) is 9.18 Å². The van der Waals surface area contributed by atoms with E-state index in [0.717, 1.165) is 0 Å². The number of likely N-dealkylation sites (tertiary alicyclic amines) is 1. The van der Waals surface area contributed by atoms with Gasteiger partial charge in [0.15, 0.2) is 11.6 Å². The number of carbonyl (C=O) groups excluding carboxylic acids is 1. The summed E-state index contributed by atoms with van der Waals surface area (Å²) < 4.78 is 45.1. The summed E-state index contributed by atoms with van der Waals surface area (Å²) in [4.78, 5) is 14.0. The Morgan fingerprint density at radius 3 is 2.53 bits per heavy atom. The number of hydrogen-bond acceptors (Lipinski definition) is 4. The maximum atomic E-state index is 14.9. The number of benzene rings is 2. The third-order valence-electron chi connectivity index (χ3n) is 5.68. The van der Waals surface area contributed by atoms with Crippen molar-refractivity contribution in [1.29, 1.82) is 0 Å². The van der Waals surface area contributed by atoms with Crippen LogP contribution in [0.1, 0.15) is 50.7 Å². The van der Waals surface area contributed by atoms with E-state index >= 15 is 0 Å². The van der Waals surface area contributed by atoms with Gasteiger partial charge in [0.2, 0.25) is 0 Å². The second kappa shape index (κ2) is 9.62. The molecule has 9 heteroatoms. The summed E-state index contributed by atoms with van der Waals surface area (Å²) in [6, 6.07) is 6.59. The molecule has 1 aliphatic rings. The van der Waals surface area contributed by atoms with Crippen molar-refractivity contribution < 1.29 is 27.5 Å². The minimum Gasteiger partial charge on any atom is -0.485 e. The molecule has 0 N–H and O–H groups in total. The van der Waals surface area contributed by atoms with Crippen LogP contribution in [0.5, 0.6) is 5.75 Å². The van der Waals surface area contributed by atoms with Crippen molar-refractivity contribution in [2.75, 3.05) is 13.1 Å². The molecule has 1 saturated heterocycles. The number of rotatable bonds is 4. The van der Waals surface area contributed by atoms with Crippen LogP contribution in [0.2, 0.25) is 10.0 Å². The summed E-state index contributed by atoms with van der Waals surface area (Å²) >= 11 is 12.3. The number of ether oxygens (including phenoxy) is 2. The highest BCUT2D eigenvalue weighted by Crippen LogP contribution is 2.39. The van der Waals surface area contributed by atoms with Crippen molar-refractivity contribution in [1.82, 2.24) is 4.90 Å². The van der Waals surface area contributed by atoms with Crippen molar-refractivity contribution in [3.63, 3.8) is 0 Å². The Balaban J connectivity index is 1.53. The highest BCUT2D eigenvalue weighted by atomic mass is 35.5. The van der Waals surface area contributed by atoms with E-state index in [1.165, 1.54) is 12.1 Å². The van der Waals surface area contributed by atoms with E-state index in [2.05, 4.69) is 0 Å². The lowest BCUT2D eigenvalue weighted by Gasteiger charge is -2.34. The smallest absolute Gasteiger partial charge is 0.410 e. The lowest BCUT2D eigenvalue weighted by atomic mass is 9.88. The zero-order valence-electron chi connectivity index (χ0n) is 19.1. The molecule has 182 valence electrons. The van der Waals surface area contributed by atoms with Gasteiger partial charge >= 0.3 is 6.09 Å². The number of fused-ring (bicyclic) bond motifs is 1. The molecule has 1 fully saturated rings. The van der Waals surface area contributed by atoms with E-state index in [1.807, 2.05) is 20.8 Å². The molecular formula is C25H25Cl2F2NO4. The third-order valence-corrected chi connectivity index (χ3v) is 6.23. The van der Waals surface area contributed by atoms with Crippen molar-refractivity contribution in [3.8, 4) is 5.75 Å². The molecule has 0 bridgehead atoms. The monoisotopic (exact) mass is 511 g/mol. The topological polar surface area (TPSA) is 51.9 Å². The van der Waals surface area contributed by atoms with Gasteiger partial charge in [-0.1, -0.05) is 29.3 Å². The van der Waals surface area contributed by atoms with Crippen molar-refractivity contribution in [3.05, 3.63) is 63.3 Å². The van der Waals surface area contributed by atoms with Crippen LogP contribution < -0.4 is 4.74 Å². The SMILES string of the molecule is CC(C)(C)OC(=O)N1CCC(c2cc(Cl)cc(F)c2OCc2ccc(Cl)c3cc(F)oc23)CC1. The van der Waals surface area contributed by atoms with Crippen LogP contribution in [0.3, 0.4) is 0 Å². The first-order chi connectivity index (χ1) is 16.0. The first-order valence-electron chi connectivity index (χ1n) is 11.0. The van der Waals surface area contributed by atoms with E-state index in [0.29, 0.717) is 47.5 Å². The lowest BCUT2D eigenvalue weighted by molar-refractivity contribution is 0.0204. The molecule has 0 unspecified atom stereocenters. The number of hydrogen-bond donors (Lipinski definition) is 0. The summed E-state index contributed by atoms with van der Waals surface area (Å²) in [5, 5.41) is 1.03. The minimum absolute atomic E-state index is 0.0527. The average molecular weight is 512 g/mol. The van der Waals surface area contributed by atoms with Gasteiger partial charge in [-0.3, -0.25) is 0 Å². The van der Waals surface area contributed by atoms with Gasteiger partial charge in [0, 0.05) is 40.7 Å². The Hall–Kier alpha value is -2.51. The molecule has 2 aromatic carbocycles. The van der Waals surface area contributed by atoms with E-state index < -0.39 is 17.4 Å². The van der Waals surface area contributed by atoms with Crippen LogP contribution in [0, 0.1) is 11.8 Å². The fraction of sp³-hybridized carbons (Fsp3) is 0.400. The number of amides is 1. The predicted octanol–water partition coefficient (Wildman–Crippen LogP) is 7.71. The van der Waals surface area contributed by atoms with E-state index in [-0.39, 0.29) is 35.0 Å². The molecular weight excluding hydrogens is 487 g/mol. The van der Waals surface area contributed by atoms with Crippen molar-refractivity contribution >= 4 is 40.3 Å². The zero-order valence-corrected chi connectivity index (χ0v) is 20.6. The first kappa shape index (κ1) is 24.6. The van der Waals surface area contributed by atoms with Gasteiger partial charge in [0.1, 0.15) is 17.8 Å². The summed E-state index contributed by atoms with van der Waals surface area (Å²) in [6.45, 7) is 6.35. The van der Waals surface area contributed by atoms with Crippen molar-refractivity contribution in [2.45, 2.75) is 51.7 Å². The fourth-order valence-corrected chi connectivity index (χ4v) is 4.53. The average Bonchev–Trinajstić information content (AvgIpc) is 3.15. The molecule has 1 aliphatic heterocycles. The number of carbonyl (C=O) groups is 1. The second-order valence-electron chi connectivity index (χ2n) is 9.34. The van der Waals surface area contributed by atoms with Gasteiger partial charge in [-0.15, -0.1) is 0 Å². The quantitative estimate of drug-likeness (QED) is 0.359. The molecule has 2 heterocycles. The molecule has 0 aliphatic carbocycles. The molecule has 0 radical (unpaired) electrons. The van der Waals surface area contributed by atoms with Crippen LogP contribution in [-0.2, 0) is 11.3 Å². The highest BCUT2D eigenvalue weighted by molar-refractivity contribution is 6.35. The van der Waals surface area contributed by atoms with Gasteiger partial charge in [0.25, 0.3) is 6.01 Å². The number of furan rings is 1. The first-order valence-corrected chi connectivity index (χ1v) is 11.7. The second-order valence-corrected chi connectivity index (χ2v) is 10.2. The normalized spacial score (nSPS) is 15.1. The Morgan fingerprint density at radius 1 is 1.15 bits per heavy atom. The molecule has 0 atom stereocenters. The van der Waals surface area contributed by atoms with Crippen LogP contribution in [0.25, 0.3) is 11.0 Å². The number of nitrogens with zero attached hydrogens (tertiary/aromatic N) is 1. The Labute approximate surface area is 206 Å². The van der Waals surface area contributed by atoms with Gasteiger partial charge < -0.3 is 18.8 Å². The molecule has 0 spiro atoms. The maximum absolute atomic E-state index is 14.9. The Kier molecular flexibility index (Phi) is 6.97. The Morgan fingerprint density at radius 2 is 1.85 bits per heavy atom. The lowest BCUT2D eigenvalue weighted by Crippen LogP contribution is -2.41. The summed E-state index contributed by atoms with van der Waals surface area (Å²) in [6.07, 6.45) is 0.839. The molecule has 34 heavy (non-hydrogen) atoms. The Bertz CT molecular complexity index is 1210. The molecule has 4 rings (SSSR count). The summed E-state index contributed by atoms with van der Waals surface area (Å²) in [7, 11) is 0. The number of piperidine rings is 1. The summed E-state index contributed by atoms with van der Waals surface area (Å²) in [5.74, 6) is -0.573. The molecule has 3 aromatic rings. The highest BCUT2D eigenvalue weighted by Gasteiger charge is 2.30. The van der Waals surface area contributed by atoms with E-state index in [4.69, 9.17) is 37.1 Å². The zero-order chi connectivity index (χ0) is 24.6. The number of halogens is 4. The van der Waals surface area contributed by atoms with Gasteiger partial charge in [-0.2, -0.15) is 4.39 Å². The largest absolute Gasteiger partial charge is 0.485 e. The van der Waals surface area contributed by atoms with Crippen molar-refractivity contribution in [2.24, 2.45) is 0 Å². The standard InChI is InChI=1S/C25H25Cl2F2NO4/c1-25(2,3)34-24(31)30-8-6-14(7-9-30)17-10-16(26)11-20(28)23(17)32-13-15-4-5-19(27)18-12-21(29)33-22(15)18/h4-5,10-12,14H,6-9,13H2,1-3H3. The molecule has 5 nitrogen and oxygen atoms in total. The minimum atomic E-state index is -0.764.